The zero-order valence-corrected chi connectivity index (χ0v) is 10.5. The summed E-state index contributed by atoms with van der Waals surface area (Å²) in [5.41, 5.74) is 0. The largest absolute Gasteiger partial charge is 0.465 e. The minimum atomic E-state index is -0.493. The van der Waals surface area contributed by atoms with Crippen LogP contribution in [0.3, 0.4) is 0 Å². The third-order valence-corrected chi connectivity index (χ3v) is 2.78. The summed E-state index contributed by atoms with van der Waals surface area (Å²) in [4.78, 5) is 11.6. The molecule has 98 valence electrons. The Kier molecular flexibility index (Phi) is 4.59. The van der Waals surface area contributed by atoms with Crippen LogP contribution in [0.5, 0.6) is 5.75 Å². The molecular formula is C14H18O4. The van der Waals surface area contributed by atoms with Crippen molar-refractivity contribution in [3.05, 3.63) is 30.3 Å². The van der Waals surface area contributed by atoms with Gasteiger partial charge in [-0.15, -0.1) is 0 Å². The van der Waals surface area contributed by atoms with Crippen molar-refractivity contribution in [2.24, 2.45) is 0 Å². The van der Waals surface area contributed by atoms with Crippen molar-refractivity contribution in [3.63, 3.8) is 0 Å². The standard InChI is InChI=1S/C14H18O4/c1-2-16-14(15)12-9-6-10-13(18-12)17-11-7-4-3-5-8-11/h3-5,7-8,12-13H,2,6,9-10H2,1H3/t12-,13+/m1/s1. The van der Waals surface area contributed by atoms with Gasteiger partial charge in [-0.3, -0.25) is 0 Å². The quantitative estimate of drug-likeness (QED) is 0.770. The van der Waals surface area contributed by atoms with Gasteiger partial charge in [-0.25, -0.2) is 4.79 Å². The van der Waals surface area contributed by atoms with E-state index >= 15 is 0 Å². The summed E-state index contributed by atoms with van der Waals surface area (Å²) in [6.45, 7) is 2.17. The molecule has 0 aliphatic carbocycles. The van der Waals surface area contributed by atoms with E-state index in [0.717, 1.165) is 18.6 Å². The first-order valence-electron chi connectivity index (χ1n) is 6.33. The summed E-state index contributed by atoms with van der Waals surface area (Å²) in [6, 6.07) is 9.48. The van der Waals surface area contributed by atoms with Gasteiger partial charge in [0, 0.05) is 6.42 Å². The topological polar surface area (TPSA) is 44.8 Å². The number of rotatable bonds is 4. The minimum Gasteiger partial charge on any atom is -0.465 e. The minimum absolute atomic E-state index is 0.293. The molecule has 0 spiro atoms. The predicted octanol–water partition coefficient (Wildman–Crippen LogP) is 2.52. The normalized spacial score (nSPS) is 23.4. The van der Waals surface area contributed by atoms with Crippen LogP contribution in [0.2, 0.25) is 0 Å². The third-order valence-electron chi connectivity index (χ3n) is 2.78. The molecule has 1 aliphatic heterocycles. The van der Waals surface area contributed by atoms with E-state index in [1.54, 1.807) is 6.92 Å². The molecule has 0 saturated carbocycles. The maximum absolute atomic E-state index is 11.6. The number of hydrogen-bond acceptors (Lipinski definition) is 4. The van der Waals surface area contributed by atoms with Crippen LogP contribution in [-0.2, 0) is 14.3 Å². The molecule has 0 unspecified atom stereocenters. The highest BCUT2D eigenvalue weighted by Crippen LogP contribution is 2.23. The fourth-order valence-corrected chi connectivity index (χ4v) is 1.94. The fraction of sp³-hybridized carbons (Fsp3) is 0.500. The van der Waals surface area contributed by atoms with Gasteiger partial charge in [0.15, 0.2) is 6.10 Å². The highest BCUT2D eigenvalue weighted by Gasteiger charge is 2.29. The number of carbonyl (C=O) groups is 1. The van der Waals surface area contributed by atoms with E-state index in [2.05, 4.69) is 0 Å². The molecule has 2 rings (SSSR count). The average Bonchev–Trinajstić information content (AvgIpc) is 2.40. The molecule has 1 fully saturated rings. The molecule has 1 saturated heterocycles. The molecule has 0 bridgehead atoms. The second-order valence-corrected chi connectivity index (χ2v) is 4.17. The Morgan fingerprint density at radius 2 is 2.11 bits per heavy atom. The van der Waals surface area contributed by atoms with Crippen molar-refractivity contribution in [3.8, 4) is 5.75 Å². The van der Waals surface area contributed by atoms with Gasteiger partial charge >= 0.3 is 5.97 Å². The predicted molar refractivity (Wildman–Crippen MR) is 66.2 cm³/mol. The van der Waals surface area contributed by atoms with Crippen LogP contribution >= 0.6 is 0 Å². The van der Waals surface area contributed by atoms with Crippen molar-refractivity contribution in [2.45, 2.75) is 38.6 Å². The number of ether oxygens (including phenoxy) is 3. The van der Waals surface area contributed by atoms with E-state index in [-0.39, 0.29) is 12.3 Å². The van der Waals surface area contributed by atoms with E-state index in [9.17, 15) is 4.79 Å². The van der Waals surface area contributed by atoms with E-state index in [0.29, 0.717) is 13.0 Å². The molecule has 0 radical (unpaired) electrons. The van der Waals surface area contributed by atoms with Crippen molar-refractivity contribution in [2.75, 3.05) is 6.61 Å². The van der Waals surface area contributed by atoms with E-state index < -0.39 is 6.10 Å². The Balaban J connectivity index is 1.89. The third kappa shape index (κ3) is 3.47. The van der Waals surface area contributed by atoms with Gasteiger partial charge < -0.3 is 14.2 Å². The Morgan fingerprint density at radius 3 is 2.83 bits per heavy atom. The zero-order valence-electron chi connectivity index (χ0n) is 10.5. The summed E-state index contributed by atoms with van der Waals surface area (Å²) in [6.07, 6.45) is 1.54. The van der Waals surface area contributed by atoms with E-state index in [1.807, 2.05) is 30.3 Å². The SMILES string of the molecule is CCOC(=O)[C@H]1CCC[C@@H](Oc2ccccc2)O1. The van der Waals surface area contributed by atoms with Crippen LogP contribution in [-0.4, -0.2) is 25.0 Å². The van der Waals surface area contributed by atoms with Crippen LogP contribution in [0.25, 0.3) is 0 Å². The monoisotopic (exact) mass is 250 g/mol. The number of para-hydroxylation sites is 1. The van der Waals surface area contributed by atoms with E-state index in [1.165, 1.54) is 0 Å². The summed E-state index contributed by atoms with van der Waals surface area (Å²) in [7, 11) is 0. The summed E-state index contributed by atoms with van der Waals surface area (Å²) in [5.74, 6) is 0.464. The van der Waals surface area contributed by atoms with Gasteiger partial charge in [-0.2, -0.15) is 0 Å². The van der Waals surface area contributed by atoms with Gasteiger partial charge in [0.1, 0.15) is 5.75 Å². The maximum atomic E-state index is 11.6. The number of benzene rings is 1. The lowest BCUT2D eigenvalue weighted by atomic mass is 10.1. The lowest BCUT2D eigenvalue weighted by molar-refractivity contribution is -0.185. The van der Waals surface area contributed by atoms with E-state index in [4.69, 9.17) is 14.2 Å². The molecule has 4 heteroatoms. The number of carbonyl (C=O) groups excluding carboxylic acids is 1. The molecule has 18 heavy (non-hydrogen) atoms. The maximum Gasteiger partial charge on any atom is 0.335 e. The molecular weight excluding hydrogens is 232 g/mol. The Morgan fingerprint density at radius 1 is 1.33 bits per heavy atom. The summed E-state index contributed by atoms with van der Waals surface area (Å²) in [5, 5.41) is 0. The fourth-order valence-electron chi connectivity index (χ4n) is 1.94. The van der Waals surface area contributed by atoms with Crippen molar-refractivity contribution < 1.29 is 19.0 Å². The summed E-state index contributed by atoms with van der Waals surface area (Å²) >= 11 is 0. The molecule has 4 nitrogen and oxygen atoms in total. The van der Waals surface area contributed by atoms with Gasteiger partial charge in [0.25, 0.3) is 0 Å². The number of esters is 1. The van der Waals surface area contributed by atoms with Crippen LogP contribution < -0.4 is 4.74 Å². The Hall–Kier alpha value is -1.55. The molecule has 2 atom stereocenters. The van der Waals surface area contributed by atoms with Gasteiger partial charge in [-0.05, 0) is 31.9 Å². The van der Waals surface area contributed by atoms with Crippen molar-refractivity contribution in [1.29, 1.82) is 0 Å². The number of hydrogen-bond donors (Lipinski definition) is 0. The molecule has 0 amide bonds. The smallest absolute Gasteiger partial charge is 0.335 e. The average molecular weight is 250 g/mol. The van der Waals surface area contributed by atoms with Crippen LogP contribution in [0, 0.1) is 0 Å². The summed E-state index contributed by atoms with van der Waals surface area (Å²) < 4.78 is 16.3. The second kappa shape index (κ2) is 6.40. The van der Waals surface area contributed by atoms with Crippen molar-refractivity contribution >= 4 is 5.97 Å². The first kappa shape index (κ1) is 12.9. The van der Waals surface area contributed by atoms with Crippen molar-refractivity contribution in [1.82, 2.24) is 0 Å². The molecule has 0 N–H and O–H groups in total. The highest BCUT2D eigenvalue weighted by atomic mass is 16.7. The van der Waals surface area contributed by atoms with Crippen LogP contribution in [0.15, 0.2) is 30.3 Å². The van der Waals surface area contributed by atoms with Crippen LogP contribution in [0.4, 0.5) is 0 Å². The molecule has 0 aromatic heterocycles. The first-order chi connectivity index (χ1) is 8.79. The Labute approximate surface area is 107 Å². The Bertz CT molecular complexity index is 377. The molecule has 1 heterocycles. The molecule has 1 aromatic rings. The van der Waals surface area contributed by atoms with Gasteiger partial charge in [-0.1, -0.05) is 18.2 Å². The first-order valence-corrected chi connectivity index (χ1v) is 6.33. The lowest BCUT2D eigenvalue weighted by Crippen LogP contribution is -2.37. The second-order valence-electron chi connectivity index (χ2n) is 4.17. The molecule has 1 aliphatic rings. The zero-order chi connectivity index (χ0) is 12.8. The van der Waals surface area contributed by atoms with Gasteiger partial charge in [0.2, 0.25) is 6.29 Å². The van der Waals surface area contributed by atoms with Gasteiger partial charge in [0.05, 0.1) is 6.61 Å². The lowest BCUT2D eigenvalue weighted by Gasteiger charge is -2.28. The van der Waals surface area contributed by atoms with Crippen LogP contribution in [0.1, 0.15) is 26.2 Å². The highest BCUT2D eigenvalue weighted by molar-refractivity contribution is 5.74. The molecule has 1 aromatic carbocycles.